The third-order valence-electron chi connectivity index (χ3n) is 4.52. The third-order valence-corrected chi connectivity index (χ3v) is 4.52. The molecule has 2 aromatic carbocycles. The largest absolute Gasteiger partial charge is 0.487 e. The molecule has 7 heteroatoms. The van der Waals surface area contributed by atoms with Crippen molar-refractivity contribution in [3.63, 3.8) is 0 Å². The van der Waals surface area contributed by atoms with Crippen molar-refractivity contribution in [2.45, 2.75) is 13.5 Å². The van der Waals surface area contributed by atoms with Crippen LogP contribution in [0.1, 0.15) is 11.3 Å². The molecule has 0 unspecified atom stereocenters. The monoisotopic (exact) mass is 400 g/mol. The minimum atomic E-state index is -0.321. The van der Waals surface area contributed by atoms with E-state index in [9.17, 15) is 9.59 Å². The van der Waals surface area contributed by atoms with E-state index in [1.165, 1.54) is 10.5 Å². The number of nitrogens with one attached hydrogen (secondary N) is 2. The molecule has 2 heterocycles. The normalized spacial score (nSPS) is 10.6. The molecule has 0 radical (unpaired) electrons. The number of aryl methyl sites for hydroxylation is 1. The Morgan fingerprint density at radius 1 is 1.00 bits per heavy atom. The first kappa shape index (κ1) is 19.2. The number of hydrogen-bond donors (Lipinski definition) is 2. The standard InChI is InChI=1S/C23H20N4O3/c1-16-6-2-3-7-20(16)26-23(29)25-17-9-11-19(12-10-17)30-15-18-14-22(28)27-13-5-4-8-21(27)24-18/h2-14H,15H2,1H3,(H2,25,26,29). The van der Waals surface area contributed by atoms with Gasteiger partial charge in [0.1, 0.15) is 18.0 Å². The fraction of sp³-hybridized carbons (Fsp3) is 0.0870. The van der Waals surface area contributed by atoms with Crippen LogP contribution in [0.2, 0.25) is 0 Å². The van der Waals surface area contributed by atoms with Gasteiger partial charge in [0.2, 0.25) is 0 Å². The Balaban J connectivity index is 1.36. The molecule has 0 fully saturated rings. The average Bonchev–Trinajstić information content (AvgIpc) is 2.75. The van der Waals surface area contributed by atoms with Gasteiger partial charge in [-0.2, -0.15) is 0 Å². The maximum Gasteiger partial charge on any atom is 0.323 e. The number of ether oxygens (including phenoxy) is 1. The number of fused-ring (bicyclic) bond motifs is 1. The molecule has 2 N–H and O–H groups in total. The van der Waals surface area contributed by atoms with Gasteiger partial charge in [0.15, 0.2) is 0 Å². The number of urea groups is 1. The molecule has 0 spiro atoms. The van der Waals surface area contributed by atoms with E-state index in [1.807, 2.05) is 37.3 Å². The third kappa shape index (κ3) is 4.47. The summed E-state index contributed by atoms with van der Waals surface area (Å²) < 4.78 is 7.21. The number of amides is 2. The minimum Gasteiger partial charge on any atom is -0.487 e. The van der Waals surface area contributed by atoms with E-state index in [1.54, 1.807) is 42.6 Å². The molecule has 4 rings (SSSR count). The lowest BCUT2D eigenvalue weighted by Crippen LogP contribution is -2.19. The number of carbonyl (C=O) groups excluding carboxylic acids is 1. The van der Waals surface area contributed by atoms with Crippen LogP contribution < -0.4 is 20.9 Å². The van der Waals surface area contributed by atoms with Crippen molar-refractivity contribution in [2.24, 2.45) is 0 Å². The predicted octanol–water partition coefficient (Wildman–Crippen LogP) is 4.23. The summed E-state index contributed by atoms with van der Waals surface area (Å²) in [6.45, 7) is 2.10. The van der Waals surface area contributed by atoms with E-state index < -0.39 is 0 Å². The fourth-order valence-corrected chi connectivity index (χ4v) is 2.97. The number of nitrogens with zero attached hydrogens (tertiary/aromatic N) is 2. The molecule has 0 atom stereocenters. The first-order valence-electron chi connectivity index (χ1n) is 9.42. The highest BCUT2D eigenvalue weighted by Crippen LogP contribution is 2.18. The second-order valence-electron chi connectivity index (χ2n) is 6.72. The Morgan fingerprint density at radius 3 is 2.57 bits per heavy atom. The van der Waals surface area contributed by atoms with Crippen molar-refractivity contribution >= 4 is 23.1 Å². The fourth-order valence-electron chi connectivity index (χ4n) is 2.97. The highest BCUT2D eigenvalue weighted by Gasteiger charge is 2.06. The predicted molar refractivity (Wildman–Crippen MR) is 116 cm³/mol. The first-order valence-corrected chi connectivity index (χ1v) is 9.42. The zero-order valence-electron chi connectivity index (χ0n) is 16.3. The molecule has 0 aliphatic carbocycles. The van der Waals surface area contributed by atoms with Crippen LogP contribution in [0, 0.1) is 6.92 Å². The van der Waals surface area contributed by atoms with Gasteiger partial charge in [0.05, 0.1) is 5.69 Å². The van der Waals surface area contributed by atoms with E-state index in [2.05, 4.69) is 15.6 Å². The molecule has 0 aliphatic rings. The van der Waals surface area contributed by atoms with Crippen molar-refractivity contribution in [2.75, 3.05) is 10.6 Å². The molecular formula is C23H20N4O3. The Labute approximate surface area is 173 Å². The maximum absolute atomic E-state index is 12.2. The molecule has 30 heavy (non-hydrogen) atoms. The van der Waals surface area contributed by atoms with Gasteiger partial charge in [-0.3, -0.25) is 9.20 Å². The second kappa shape index (κ2) is 8.48. The Hall–Kier alpha value is -4.13. The summed E-state index contributed by atoms with van der Waals surface area (Å²) in [5.41, 5.74) is 3.34. The molecule has 4 aromatic rings. The van der Waals surface area contributed by atoms with Crippen molar-refractivity contribution in [3.05, 3.63) is 101 Å². The summed E-state index contributed by atoms with van der Waals surface area (Å²) in [4.78, 5) is 28.7. The van der Waals surface area contributed by atoms with Gasteiger partial charge in [-0.15, -0.1) is 0 Å². The number of para-hydroxylation sites is 1. The highest BCUT2D eigenvalue weighted by molar-refractivity contribution is 6.00. The van der Waals surface area contributed by atoms with Gasteiger partial charge in [-0.25, -0.2) is 9.78 Å². The van der Waals surface area contributed by atoms with Crippen LogP contribution in [0.15, 0.2) is 83.8 Å². The number of anilines is 2. The molecule has 2 amide bonds. The van der Waals surface area contributed by atoms with Crippen molar-refractivity contribution < 1.29 is 9.53 Å². The Kier molecular flexibility index (Phi) is 5.43. The summed E-state index contributed by atoms with van der Waals surface area (Å²) in [7, 11) is 0. The molecule has 2 aromatic heterocycles. The SMILES string of the molecule is Cc1ccccc1NC(=O)Nc1ccc(OCc2cc(=O)n3ccccc3n2)cc1. The van der Waals surface area contributed by atoms with Crippen molar-refractivity contribution in [1.29, 1.82) is 0 Å². The number of hydrogen-bond acceptors (Lipinski definition) is 4. The number of aromatic nitrogens is 2. The molecule has 7 nitrogen and oxygen atoms in total. The summed E-state index contributed by atoms with van der Waals surface area (Å²) >= 11 is 0. The number of pyridine rings is 1. The molecule has 0 saturated heterocycles. The topological polar surface area (TPSA) is 84.7 Å². The quantitative estimate of drug-likeness (QED) is 0.525. The molecular weight excluding hydrogens is 380 g/mol. The Morgan fingerprint density at radius 2 is 1.77 bits per heavy atom. The molecule has 150 valence electrons. The summed E-state index contributed by atoms with van der Waals surface area (Å²) in [5, 5.41) is 5.60. The number of carbonyl (C=O) groups is 1. The number of benzene rings is 2. The van der Waals surface area contributed by atoms with Crippen LogP contribution in [0.25, 0.3) is 5.65 Å². The van der Waals surface area contributed by atoms with Crippen LogP contribution in [0.5, 0.6) is 5.75 Å². The lowest BCUT2D eigenvalue weighted by Gasteiger charge is -2.11. The van der Waals surface area contributed by atoms with E-state index in [0.29, 0.717) is 22.8 Å². The van der Waals surface area contributed by atoms with Crippen LogP contribution in [0.4, 0.5) is 16.2 Å². The lowest BCUT2D eigenvalue weighted by atomic mass is 10.2. The lowest BCUT2D eigenvalue weighted by molar-refractivity contribution is 0.262. The van der Waals surface area contributed by atoms with Crippen molar-refractivity contribution in [1.82, 2.24) is 9.38 Å². The van der Waals surface area contributed by atoms with Crippen LogP contribution in [-0.2, 0) is 6.61 Å². The molecule has 0 saturated carbocycles. The second-order valence-corrected chi connectivity index (χ2v) is 6.72. The number of rotatable bonds is 5. The van der Waals surface area contributed by atoms with Gasteiger partial charge < -0.3 is 15.4 Å². The van der Waals surface area contributed by atoms with Crippen LogP contribution in [0.3, 0.4) is 0 Å². The summed E-state index contributed by atoms with van der Waals surface area (Å²) in [6, 6.07) is 21.1. The molecule has 0 aliphatic heterocycles. The van der Waals surface area contributed by atoms with E-state index >= 15 is 0 Å². The smallest absolute Gasteiger partial charge is 0.323 e. The average molecular weight is 400 g/mol. The van der Waals surface area contributed by atoms with Gasteiger partial charge in [-0.1, -0.05) is 24.3 Å². The molecule has 0 bridgehead atoms. The zero-order valence-corrected chi connectivity index (χ0v) is 16.3. The summed E-state index contributed by atoms with van der Waals surface area (Å²) in [6.07, 6.45) is 1.68. The van der Waals surface area contributed by atoms with Crippen LogP contribution >= 0.6 is 0 Å². The highest BCUT2D eigenvalue weighted by atomic mass is 16.5. The summed E-state index contributed by atoms with van der Waals surface area (Å²) in [5.74, 6) is 0.606. The first-order chi connectivity index (χ1) is 14.6. The zero-order chi connectivity index (χ0) is 20.9. The van der Waals surface area contributed by atoms with Crippen molar-refractivity contribution in [3.8, 4) is 5.75 Å². The van der Waals surface area contributed by atoms with E-state index in [-0.39, 0.29) is 18.2 Å². The van der Waals surface area contributed by atoms with E-state index in [4.69, 9.17) is 4.74 Å². The van der Waals surface area contributed by atoms with E-state index in [0.717, 1.165) is 11.3 Å². The minimum absolute atomic E-state index is 0.154. The van der Waals surface area contributed by atoms with Gasteiger partial charge in [0, 0.05) is 23.6 Å². The van der Waals surface area contributed by atoms with Gasteiger partial charge in [-0.05, 0) is 55.0 Å². The van der Waals surface area contributed by atoms with Gasteiger partial charge in [0.25, 0.3) is 5.56 Å². The van der Waals surface area contributed by atoms with Crippen LogP contribution in [-0.4, -0.2) is 15.4 Å². The Bertz CT molecular complexity index is 1250. The maximum atomic E-state index is 12.2. The van der Waals surface area contributed by atoms with Gasteiger partial charge >= 0.3 is 6.03 Å².